The van der Waals surface area contributed by atoms with Gasteiger partial charge in [-0.15, -0.1) is 0 Å². The van der Waals surface area contributed by atoms with E-state index < -0.39 is 22.0 Å². The van der Waals surface area contributed by atoms with Crippen LogP contribution in [0.15, 0.2) is 47.3 Å². The standard InChI is InChI=1S/C27H33F3N6O3S/c1-40(37,38)35-21-9-4-8-20(13-21)24-16-33-26(39-24)34-23-10-3-2-7-19(23)12-18-6-5-11-36(17-18)22-14-31-25(32-15-22)27(28,29)30/h4,8-9,13-16,18-19,23,35H,2-3,5-7,10-12,17H2,1H3,(H,33,34)/t18-,19+,23-/m1/s1. The minimum absolute atomic E-state index is 0.197. The first-order chi connectivity index (χ1) is 19.0. The fourth-order valence-electron chi connectivity index (χ4n) is 5.81. The van der Waals surface area contributed by atoms with Crippen molar-refractivity contribution in [3.8, 4) is 11.3 Å². The highest BCUT2D eigenvalue weighted by molar-refractivity contribution is 7.92. The summed E-state index contributed by atoms with van der Waals surface area (Å²) in [7, 11) is -3.39. The number of oxazole rings is 1. The summed E-state index contributed by atoms with van der Waals surface area (Å²) >= 11 is 0. The number of nitrogens with zero attached hydrogens (tertiary/aromatic N) is 4. The highest BCUT2D eigenvalue weighted by Gasteiger charge is 2.35. The predicted molar refractivity (Wildman–Crippen MR) is 146 cm³/mol. The first kappa shape index (κ1) is 28.2. The van der Waals surface area contributed by atoms with Crippen molar-refractivity contribution < 1.29 is 26.0 Å². The normalized spacial score (nSPS) is 22.2. The maximum absolute atomic E-state index is 12.9. The largest absolute Gasteiger partial charge is 0.451 e. The van der Waals surface area contributed by atoms with Gasteiger partial charge in [-0.05, 0) is 56.1 Å². The Kier molecular flexibility index (Phi) is 8.20. The number of aromatic nitrogens is 3. The molecule has 40 heavy (non-hydrogen) atoms. The summed E-state index contributed by atoms with van der Waals surface area (Å²) in [5.41, 5.74) is 1.78. The first-order valence-electron chi connectivity index (χ1n) is 13.5. The van der Waals surface area contributed by atoms with Crippen molar-refractivity contribution in [2.45, 2.75) is 57.2 Å². The van der Waals surface area contributed by atoms with E-state index in [4.69, 9.17) is 4.42 Å². The Labute approximate surface area is 231 Å². The molecule has 0 amide bonds. The van der Waals surface area contributed by atoms with Crippen LogP contribution in [0.4, 0.5) is 30.6 Å². The molecule has 3 atom stereocenters. The van der Waals surface area contributed by atoms with Gasteiger partial charge in [0.25, 0.3) is 6.01 Å². The molecule has 1 aliphatic heterocycles. The van der Waals surface area contributed by atoms with Crippen LogP contribution in [0.3, 0.4) is 0 Å². The molecular weight excluding hydrogens is 545 g/mol. The molecule has 1 aliphatic carbocycles. The molecule has 2 aromatic heterocycles. The van der Waals surface area contributed by atoms with Gasteiger partial charge in [0.15, 0.2) is 5.76 Å². The second-order valence-corrected chi connectivity index (χ2v) is 12.5. The lowest BCUT2D eigenvalue weighted by Gasteiger charge is -2.38. The van der Waals surface area contributed by atoms with E-state index in [-0.39, 0.29) is 6.04 Å². The minimum Gasteiger partial charge on any atom is -0.424 e. The lowest BCUT2D eigenvalue weighted by Crippen LogP contribution is -2.39. The Morgan fingerprint density at radius 2 is 1.82 bits per heavy atom. The summed E-state index contributed by atoms with van der Waals surface area (Å²) in [4.78, 5) is 13.6. The van der Waals surface area contributed by atoms with Crippen LogP contribution in [-0.4, -0.2) is 48.8 Å². The number of nitrogens with one attached hydrogen (secondary N) is 2. The van der Waals surface area contributed by atoms with Gasteiger partial charge in [0.2, 0.25) is 15.8 Å². The summed E-state index contributed by atoms with van der Waals surface area (Å²) in [6, 6.07) is 7.58. The molecule has 0 spiro atoms. The lowest BCUT2D eigenvalue weighted by molar-refractivity contribution is -0.145. The average molecular weight is 579 g/mol. The van der Waals surface area contributed by atoms with Crippen LogP contribution in [0.2, 0.25) is 0 Å². The molecule has 0 radical (unpaired) electrons. The Hall–Kier alpha value is -3.35. The summed E-state index contributed by atoms with van der Waals surface area (Å²) in [6.07, 6.45) is 8.13. The monoisotopic (exact) mass is 578 g/mol. The molecule has 0 unspecified atom stereocenters. The van der Waals surface area contributed by atoms with Gasteiger partial charge in [-0.3, -0.25) is 4.72 Å². The van der Waals surface area contributed by atoms with Gasteiger partial charge in [0.05, 0.1) is 30.5 Å². The predicted octanol–water partition coefficient (Wildman–Crippen LogP) is 5.80. The number of halogens is 3. The van der Waals surface area contributed by atoms with Gasteiger partial charge in [-0.1, -0.05) is 25.0 Å². The number of hydrogen-bond donors (Lipinski definition) is 2. The minimum atomic E-state index is -4.55. The van der Waals surface area contributed by atoms with Crippen molar-refractivity contribution in [3.05, 3.63) is 48.7 Å². The molecule has 1 saturated carbocycles. The van der Waals surface area contributed by atoms with Gasteiger partial charge in [-0.2, -0.15) is 13.2 Å². The Balaban J connectivity index is 1.21. The third kappa shape index (κ3) is 7.23. The quantitative estimate of drug-likeness (QED) is 0.345. The highest BCUT2D eigenvalue weighted by atomic mass is 32.2. The summed E-state index contributed by atoms with van der Waals surface area (Å²) < 4.78 is 70.2. The van der Waals surface area contributed by atoms with E-state index in [0.717, 1.165) is 64.3 Å². The van der Waals surface area contributed by atoms with Crippen molar-refractivity contribution in [2.24, 2.45) is 11.8 Å². The zero-order valence-corrected chi connectivity index (χ0v) is 23.0. The van der Waals surface area contributed by atoms with E-state index in [1.54, 1.807) is 24.4 Å². The van der Waals surface area contributed by atoms with E-state index in [1.165, 1.54) is 12.4 Å². The van der Waals surface area contributed by atoms with E-state index in [9.17, 15) is 21.6 Å². The van der Waals surface area contributed by atoms with Crippen LogP contribution < -0.4 is 14.9 Å². The number of alkyl halides is 3. The van der Waals surface area contributed by atoms with Crippen molar-refractivity contribution in [1.29, 1.82) is 0 Å². The molecule has 216 valence electrons. The Morgan fingerprint density at radius 1 is 1.05 bits per heavy atom. The second-order valence-electron chi connectivity index (χ2n) is 10.7. The number of hydrogen-bond acceptors (Lipinski definition) is 8. The first-order valence-corrected chi connectivity index (χ1v) is 15.4. The lowest BCUT2D eigenvalue weighted by atomic mass is 9.77. The van der Waals surface area contributed by atoms with Crippen LogP contribution in [0, 0.1) is 11.8 Å². The molecule has 0 bridgehead atoms. The Bertz CT molecular complexity index is 1400. The number of rotatable bonds is 8. The maximum Gasteiger partial charge on any atom is 0.451 e. The van der Waals surface area contributed by atoms with Gasteiger partial charge < -0.3 is 14.6 Å². The van der Waals surface area contributed by atoms with E-state index in [1.807, 2.05) is 6.07 Å². The van der Waals surface area contributed by atoms with Crippen LogP contribution in [0.1, 0.15) is 50.8 Å². The maximum atomic E-state index is 12.9. The fourth-order valence-corrected chi connectivity index (χ4v) is 6.37. The summed E-state index contributed by atoms with van der Waals surface area (Å²) in [6.45, 7) is 1.54. The zero-order chi connectivity index (χ0) is 28.3. The van der Waals surface area contributed by atoms with E-state index in [0.29, 0.717) is 40.5 Å². The number of anilines is 3. The molecule has 1 aromatic carbocycles. The Morgan fingerprint density at radius 3 is 2.58 bits per heavy atom. The number of benzene rings is 1. The fraction of sp³-hybridized carbons (Fsp3) is 0.519. The third-order valence-electron chi connectivity index (χ3n) is 7.59. The number of piperidine rings is 1. The van der Waals surface area contributed by atoms with E-state index in [2.05, 4.69) is 29.9 Å². The van der Waals surface area contributed by atoms with Crippen molar-refractivity contribution >= 4 is 27.4 Å². The molecule has 1 saturated heterocycles. The second kappa shape index (κ2) is 11.6. The smallest absolute Gasteiger partial charge is 0.424 e. The zero-order valence-electron chi connectivity index (χ0n) is 22.2. The molecule has 3 aromatic rings. The SMILES string of the molecule is CS(=O)(=O)Nc1cccc(-c2cnc(N[C@@H]3CCCC[C@H]3C[C@H]3CCCN(c4cnc(C(F)(F)F)nc4)C3)o2)c1. The molecule has 2 aliphatic rings. The third-order valence-corrected chi connectivity index (χ3v) is 8.19. The molecule has 2 N–H and O–H groups in total. The van der Waals surface area contributed by atoms with Crippen LogP contribution in [0.5, 0.6) is 0 Å². The molecule has 2 fully saturated rings. The molecular formula is C27H33F3N6O3S. The highest BCUT2D eigenvalue weighted by Crippen LogP contribution is 2.36. The van der Waals surface area contributed by atoms with Crippen LogP contribution in [0.25, 0.3) is 11.3 Å². The van der Waals surface area contributed by atoms with Crippen LogP contribution in [-0.2, 0) is 16.2 Å². The van der Waals surface area contributed by atoms with Gasteiger partial charge >= 0.3 is 6.18 Å². The van der Waals surface area contributed by atoms with Gasteiger partial charge in [0.1, 0.15) is 0 Å². The van der Waals surface area contributed by atoms with E-state index >= 15 is 0 Å². The van der Waals surface area contributed by atoms with Crippen molar-refractivity contribution in [1.82, 2.24) is 15.0 Å². The molecule has 3 heterocycles. The molecule has 9 nitrogen and oxygen atoms in total. The number of sulfonamides is 1. The molecule has 13 heteroatoms. The topological polar surface area (TPSA) is 113 Å². The summed E-state index contributed by atoms with van der Waals surface area (Å²) in [5, 5.41) is 3.50. The van der Waals surface area contributed by atoms with Crippen LogP contribution >= 0.6 is 0 Å². The van der Waals surface area contributed by atoms with Gasteiger partial charge in [0, 0.05) is 30.4 Å². The van der Waals surface area contributed by atoms with Crippen molar-refractivity contribution in [2.75, 3.05) is 34.3 Å². The molecule has 5 rings (SSSR count). The average Bonchev–Trinajstić information content (AvgIpc) is 3.37. The summed E-state index contributed by atoms with van der Waals surface area (Å²) in [5.74, 6) is 0.247. The van der Waals surface area contributed by atoms with Gasteiger partial charge in [-0.25, -0.2) is 23.4 Å². The van der Waals surface area contributed by atoms with Crippen molar-refractivity contribution in [3.63, 3.8) is 0 Å².